The van der Waals surface area contributed by atoms with Crippen molar-refractivity contribution in [3.63, 3.8) is 0 Å². The van der Waals surface area contributed by atoms with Gasteiger partial charge in [-0.15, -0.1) is 0 Å². The molecule has 0 aromatic rings. The van der Waals surface area contributed by atoms with Crippen LogP contribution in [0.15, 0.2) is 15.2 Å². The lowest BCUT2D eigenvalue weighted by Crippen LogP contribution is -2.36. The molecule has 0 spiro atoms. The van der Waals surface area contributed by atoms with E-state index < -0.39 is 4.45 Å². The third-order valence-corrected chi connectivity index (χ3v) is 3.40. The van der Waals surface area contributed by atoms with Crippen LogP contribution < -0.4 is 0 Å². The van der Waals surface area contributed by atoms with Gasteiger partial charge in [0.2, 0.25) is 10.3 Å². The minimum absolute atomic E-state index is 0.118. The Labute approximate surface area is 84.4 Å². The topological polar surface area (TPSA) is 55.5 Å². The SMILES string of the molecule is COC1=N[C@@H](OC)[C@@H]2CN=N[C@]12Br. The molecule has 0 aromatic carbocycles. The van der Waals surface area contributed by atoms with Crippen LogP contribution in [0, 0.1) is 5.92 Å². The van der Waals surface area contributed by atoms with Crippen LogP contribution >= 0.6 is 15.9 Å². The van der Waals surface area contributed by atoms with Crippen molar-refractivity contribution >= 4 is 21.8 Å². The first kappa shape index (κ1) is 9.08. The second-order valence-electron chi connectivity index (χ2n) is 2.97. The van der Waals surface area contributed by atoms with Gasteiger partial charge in [0.25, 0.3) is 0 Å². The highest BCUT2D eigenvalue weighted by Crippen LogP contribution is 2.44. The fourth-order valence-electron chi connectivity index (χ4n) is 1.62. The minimum atomic E-state index is -0.581. The Morgan fingerprint density at radius 1 is 1.54 bits per heavy atom. The summed E-state index contributed by atoms with van der Waals surface area (Å²) in [6.07, 6.45) is -0.204. The number of aliphatic imine (C=N–C) groups is 1. The summed E-state index contributed by atoms with van der Waals surface area (Å²) < 4.78 is 9.75. The van der Waals surface area contributed by atoms with E-state index in [2.05, 4.69) is 31.2 Å². The van der Waals surface area contributed by atoms with Gasteiger partial charge in [-0.05, 0) is 15.9 Å². The highest BCUT2D eigenvalue weighted by atomic mass is 79.9. The van der Waals surface area contributed by atoms with E-state index in [9.17, 15) is 0 Å². The van der Waals surface area contributed by atoms with Crippen molar-refractivity contribution in [1.82, 2.24) is 0 Å². The molecule has 0 aliphatic carbocycles. The molecule has 0 saturated heterocycles. The van der Waals surface area contributed by atoms with E-state index in [4.69, 9.17) is 9.47 Å². The van der Waals surface area contributed by atoms with Gasteiger partial charge in [-0.25, -0.2) is 4.99 Å². The molecule has 2 rings (SSSR count). The molecule has 0 amide bonds. The smallest absolute Gasteiger partial charge is 0.228 e. The number of fused-ring (bicyclic) bond motifs is 1. The van der Waals surface area contributed by atoms with Gasteiger partial charge in [0.15, 0.2) is 6.23 Å². The molecule has 72 valence electrons. The second kappa shape index (κ2) is 3.02. The van der Waals surface area contributed by atoms with Crippen molar-refractivity contribution in [2.45, 2.75) is 10.7 Å². The number of azo groups is 1. The highest BCUT2D eigenvalue weighted by Gasteiger charge is 2.55. The molecule has 0 fully saturated rings. The van der Waals surface area contributed by atoms with E-state index in [-0.39, 0.29) is 12.1 Å². The summed E-state index contributed by atoms with van der Waals surface area (Å²) in [6.45, 7) is 0.625. The van der Waals surface area contributed by atoms with Crippen molar-refractivity contribution in [3.05, 3.63) is 0 Å². The summed E-state index contributed by atoms with van der Waals surface area (Å²) in [4.78, 5) is 4.25. The van der Waals surface area contributed by atoms with Gasteiger partial charge in [-0.1, -0.05) is 0 Å². The van der Waals surface area contributed by atoms with Crippen LogP contribution in [0.4, 0.5) is 0 Å². The molecule has 6 heteroatoms. The molecule has 13 heavy (non-hydrogen) atoms. The van der Waals surface area contributed by atoms with Gasteiger partial charge < -0.3 is 9.47 Å². The van der Waals surface area contributed by atoms with Crippen LogP contribution in [0.5, 0.6) is 0 Å². The summed E-state index contributed by atoms with van der Waals surface area (Å²) in [5, 5.41) is 8.06. The standard InChI is InChI=1S/C7H10BrN3O2/c1-12-5-4-3-9-11-7(4,8)6(10-5)13-2/h4-5H,3H2,1-2H3/t4-,5-,7-/m0/s1. The Balaban J connectivity index is 2.32. The van der Waals surface area contributed by atoms with Gasteiger partial charge >= 0.3 is 0 Å². The number of nitrogens with zero attached hydrogens (tertiary/aromatic N) is 3. The minimum Gasteiger partial charge on any atom is -0.482 e. The lowest BCUT2D eigenvalue weighted by atomic mass is 10.0. The number of hydrogen-bond donors (Lipinski definition) is 0. The fraction of sp³-hybridized carbons (Fsp3) is 0.857. The van der Waals surface area contributed by atoms with E-state index >= 15 is 0 Å². The molecule has 0 unspecified atom stereocenters. The van der Waals surface area contributed by atoms with Gasteiger partial charge in [0, 0.05) is 7.11 Å². The zero-order valence-corrected chi connectivity index (χ0v) is 8.98. The van der Waals surface area contributed by atoms with E-state index in [0.717, 1.165) is 0 Å². The van der Waals surface area contributed by atoms with E-state index in [1.54, 1.807) is 14.2 Å². The zero-order chi connectivity index (χ0) is 9.47. The molecular weight excluding hydrogens is 238 g/mol. The van der Waals surface area contributed by atoms with E-state index in [0.29, 0.717) is 12.4 Å². The van der Waals surface area contributed by atoms with Crippen LogP contribution in [-0.4, -0.2) is 37.3 Å². The van der Waals surface area contributed by atoms with Crippen molar-refractivity contribution in [3.8, 4) is 0 Å². The molecular formula is C7H10BrN3O2. The maximum absolute atomic E-state index is 5.20. The maximum Gasteiger partial charge on any atom is 0.228 e. The Morgan fingerprint density at radius 3 is 2.92 bits per heavy atom. The summed E-state index contributed by atoms with van der Waals surface area (Å²) in [6, 6.07) is 0. The summed E-state index contributed by atoms with van der Waals surface area (Å²) in [5.74, 6) is 0.665. The molecule has 0 saturated carbocycles. The summed E-state index contributed by atoms with van der Waals surface area (Å²) in [5.41, 5.74) is 0. The maximum atomic E-state index is 5.20. The van der Waals surface area contributed by atoms with Crippen LogP contribution in [0.2, 0.25) is 0 Å². The molecule has 0 N–H and O–H groups in total. The number of halogens is 1. The van der Waals surface area contributed by atoms with Crippen molar-refractivity contribution in [2.24, 2.45) is 21.1 Å². The third-order valence-electron chi connectivity index (χ3n) is 2.31. The predicted molar refractivity (Wildman–Crippen MR) is 50.1 cm³/mol. The monoisotopic (exact) mass is 247 g/mol. The third kappa shape index (κ3) is 1.12. The predicted octanol–water partition coefficient (Wildman–Crippen LogP) is 1.19. The average Bonchev–Trinajstić information content (AvgIpc) is 2.60. The highest BCUT2D eigenvalue weighted by molar-refractivity contribution is 9.10. The molecule has 2 heterocycles. The van der Waals surface area contributed by atoms with E-state index in [1.807, 2.05) is 0 Å². The molecule has 2 aliphatic heterocycles. The largest absolute Gasteiger partial charge is 0.482 e. The molecule has 3 atom stereocenters. The first-order valence-corrected chi connectivity index (χ1v) is 4.74. The normalized spacial score (nSPS) is 41.9. The van der Waals surface area contributed by atoms with Gasteiger partial charge in [0.1, 0.15) is 0 Å². The molecule has 0 bridgehead atoms. The van der Waals surface area contributed by atoms with Crippen LogP contribution in [0.1, 0.15) is 0 Å². The Kier molecular flexibility index (Phi) is 2.11. The van der Waals surface area contributed by atoms with Gasteiger partial charge in [-0.2, -0.15) is 10.2 Å². The van der Waals surface area contributed by atoms with Crippen molar-refractivity contribution < 1.29 is 9.47 Å². The lowest BCUT2D eigenvalue weighted by molar-refractivity contribution is 0.0726. The molecule has 2 aliphatic rings. The zero-order valence-electron chi connectivity index (χ0n) is 7.40. The van der Waals surface area contributed by atoms with Gasteiger partial charge in [-0.3, -0.25) is 0 Å². The Bertz CT molecular complexity index is 281. The van der Waals surface area contributed by atoms with Crippen LogP contribution in [-0.2, 0) is 9.47 Å². The molecule has 0 radical (unpaired) electrons. The first-order valence-electron chi connectivity index (χ1n) is 3.95. The van der Waals surface area contributed by atoms with Crippen LogP contribution in [0.3, 0.4) is 0 Å². The fourth-order valence-corrected chi connectivity index (χ4v) is 2.36. The summed E-state index contributed by atoms with van der Waals surface area (Å²) >= 11 is 3.48. The number of rotatable bonds is 1. The van der Waals surface area contributed by atoms with Crippen LogP contribution in [0.25, 0.3) is 0 Å². The molecule has 0 aromatic heterocycles. The molecule has 5 nitrogen and oxygen atoms in total. The van der Waals surface area contributed by atoms with Gasteiger partial charge in [0.05, 0.1) is 19.6 Å². The first-order chi connectivity index (χ1) is 6.22. The number of ether oxygens (including phenoxy) is 2. The lowest BCUT2D eigenvalue weighted by Gasteiger charge is -2.19. The van der Waals surface area contributed by atoms with E-state index in [1.165, 1.54) is 0 Å². The number of methoxy groups -OCH3 is 2. The second-order valence-corrected chi connectivity index (χ2v) is 4.18. The van der Waals surface area contributed by atoms with Crippen molar-refractivity contribution in [1.29, 1.82) is 0 Å². The Hall–Kier alpha value is -0.490. The number of alkyl halides is 1. The Morgan fingerprint density at radius 2 is 2.31 bits per heavy atom. The summed E-state index contributed by atoms with van der Waals surface area (Å²) in [7, 11) is 3.20. The van der Waals surface area contributed by atoms with Crippen molar-refractivity contribution in [2.75, 3.05) is 20.8 Å². The average molecular weight is 248 g/mol. The quantitative estimate of drug-likeness (QED) is 0.517. The number of hydrogen-bond acceptors (Lipinski definition) is 5.